The predicted octanol–water partition coefficient (Wildman–Crippen LogP) is 1.31. The second-order valence-electron chi connectivity index (χ2n) is 5.05. The van der Waals surface area contributed by atoms with Gasteiger partial charge in [-0.25, -0.2) is 9.97 Å². The molecule has 1 atom stereocenters. The second-order valence-corrected chi connectivity index (χ2v) is 5.05. The number of aromatic nitrogens is 2. The van der Waals surface area contributed by atoms with Gasteiger partial charge in [0.2, 0.25) is 5.91 Å². The molecule has 0 unspecified atom stereocenters. The van der Waals surface area contributed by atoms with Crippen LogP contribution in [0.4, 0.5) is 5.82 Å². The zero-order valence-electron chi connectivity index (χ0n) is 11.2. The molecule has 18 heavy (non-hydrogen) atoms. The molecule has 2 heterocycles. The molecule has 0 aliphatic carbocycles. The van der Waals surface area contributed by atoms with E-state index in [1.165, 1.54) is 0 Å². The average Bonchev–Trinajstić information content (AvgIpc) is 2.50. The van der Waals surface area contributed by atoms with E-state index in [4.69, 9.17) is 0 Å². The number of anilines is 1. The molecule has 0 aromatic carbocycles. The van der Waals surface area contributed by atoms with Crippen LogP contribution in [0.1, 0.15) is 38.8 Å². The highest BCUT2D eigenvalue weighted by Gasteiger charge is 2.22. The van der Waals surface area contributed by atoms with Crippen molar-refractivity contribution >= 4 is 11.7 Å². The van der Waals surface area contributed by atoms with Gasteiger partial charge >= 0.3 is 0 Å². The maximum absolute atomic E-state index is 11.5. The third kappa shape index (κ3) is 2.78. The molecule has 1 aliphatic heterocycles. The topological polar surface area (TPSA) is 58.1 Å². The van der Waals surface area contributed by atoms with Crippen LogP contribution in [0.2, 0.25) is 0 Å². The van der Waals surface area contributed by atoms with Gasteiger partial charge in [0, 0.05) is 37.3 Å². The maximum Gasteiger partial charge on any atom is 0.222 e. The van der Waals surface area contributed by atoms with Crippen LogP contribution in [0.3, 0.4) is 0 Å². The first-order chi connectivity index (χ1) is 8.58. The number of hydrogen-bond acceptors (Lipinski definition) is 4. The molecule has 98 valence electrons. The second kappa shape index (κ2) is 5.33. The highest BCUT2D eigenvalue weighted by molar-refractivity contribution is 5.77. The molecular weight excluding hydrogens is 228 g/mol. The first-order valence-corrected chi connectivity index (χ1v) is 6.43. The summed E-state index contributed by atoms with van der Waals surface area (Å²) in [5, 5.41) is 2.89. The van der Waals surface area contributed by atoms with E-state index in [0.29, 0.717) is 18.9 Å². The first kappa shape index (κ1) is 12.8. The van der Waals surface area contributed by atoms with Crippen molar-refractivity contribution in [2.45, 2.75) is 39.2 Å². The van der Waals surface area contributed by atoms with Crippen LogP contribution in [0.15, 0.2) is 12.4 Å². The van der Waals surface area contributed by atoms with Crippen molar-refractivity contribution in [2.75, 3.05) is 18.0 Å². The van der Waals surface area contributed by atoms with E-state index < -0.39 is 0 Å². The summed E-state index contributed by atoms with van der Waals surface area (Å²) < 4.78 is 0. The molecule has 5 nitrogen and oxygen atoms in total. The molecule has 0 saturated carbocycles. The van der Waals surface area contributed by atoms with Crippen LogP contribution in [0.25, 0.3) is 0 Å². The predicted molar refractivity (Wildman–Crippen MR) is 70.6 cm³/mol. The van der Waals surface area contributed by atoms with Crippen molar-refractivity contribution in [1.29, 1.82) is 0 Å². The Hall–Kier alpha value is -1.65. The summed E-state index contributed by atoms with van der Waals surface area (Å²) in [6, 6.07) is 2.19. The number of nitrogens with one attached hydrogen (secondary N) is 1. The van der Waals surface area contributed by atoms with Gasteiger partial charge in [-0.3, -0.25) is 4.79 Å². The van der Waals surface area contributed by atoms with Crippen molar-refractivity contribution in [3.05, 3.63) is 18.1 Å². The number of hydrogen-bond donors (Lipinski definition) is 1. The molecule has 1 N–H and O–H groups in total. The molecule has 0 radical (unpaired) electrons. The Morgan fingerprint density at radius 3 is 2.94 bits per heavy atom. The largest absolute Gasteiger partial charge is 0.354 e. The average molecular weight is 248 g/mol. The maximum atomic E-state index is 11.5. The summed E-state index contributed by atoms with van der Waals surface area (Å²) in [4.78, 5) is 22.3. The summed E-state index contributed by atoms with van der Waals surface area (Å²) in [6.07, 6.45) is 2.12. The molecule has 1 aromatic heterocycles. The number of amides is 1. The van der Waals surface area contributed by atoms with Gasteiger partial charge in [-0.05, 0) is 12.8 Å². The molecule has 2 rings (SSSR count). The van der Waals surface area contributed by atoms with Crippen molar-refractivity contribution in [3.63, 3.8) is 0 Å². The van der Waals surface area contributed by atoms with Crippen molar-refractivity contribution < 1.29 is 4.79 Å². The summed E-state index contributed by atoms with van der Waals surface area (Å²) in [7, 11) is 0. The highest BCUT2D eigenvalue weighted by atomic mass is 16.1. The Kier molecular flexibility index (Phi) is 3.79. The van der Waals surface area contributed by atoms with Crippen LogP contribution in [0, 0.1) is 0 Å². The molecule has 1 aromatic rings. The lowest BCUT2D eigenvalue weighted by molar-refractivity contribution is -0.120. The number of carbonyl (C=O) groups is 1. The minimum atomic E-state index is 0.114. The van der Waals surface area contributed by atoms with E-state index in [9.17, 15) is 4.79 Å². The molecule has 0 spiro atoms. The van der Waals surface area contributed by atoms with E-state index in [2.05, 4.69) is 41.0 Å². The van der Waals surface area contributed by atoms with Crippen LogP contribution < -0.4 is 10.2 Å². The Bertz CT molecular complexity index is 433. The molecular formula is C13H20N4O. The summed E-state index contributed by atoms with van der Waals surface area (Å²) >= 11 is 0. The third-order valence-corrected chi connectivity index (χ3v) is 3.25. The number of rotatable bonds is 2. The Balaban J connectivity index is 2.24. The number of nitrogens with zero attached hydrogens (tertiary/aromatic N) is 3. The monoisotopic (exact) mass is 248 g/mol. The fourth-order valence-corrected chi connectivity index (χ4v) is 2.16. The smallest absolute Gasteiger partial charge is 0.222 e. The molecule has 1 amide bonds. The zero-order valence-corrected chi connectivity index (χ0v) is 11.2. The van der Waals surface area contributed by atoms with Gasteiger partial charge < -0.3 is 10.2 Å². The summed E-state index contributed by atoms with van der Waals surface area (Å²) in [5.41, 5.74) is 1.04. The molecule has 5 heteroatoms. The van der Waals surface area contributed by atoms with Crippen LogP contribution >= 0.6 is 0 Å². The van der Waals surface area contributed by atoms with Crippen LogP contribution in [-0.2, 0) is 4.79 Å². The van der Waals surface area contributed by atoms with Crippen LogP contribution in [0.5, 0.6) is 0 Å². The van der Waals surface area contributed by atoms with Gasteiger partial charge in [-0.1, -0.05) is 13.8 Å². The van der Waals surface area contributed by atoms with E-state index in [1.54, 1.807) is 6.33 Å². The number of carbonyl (C=O) groups excluding carboxylic acids is 1. The molecule has 1 saturated heterocycles. The minimum Gasteiger partial charge on any atom is -0.354 e. The van der Waals surface area contributed by atoms with Gasteiger partial charge in [0.1, 0.15) is 12.1 Å². The van der Waals surface area contributed by atoms with E-state index in [1.807, 2.05) is 6.07 Å². The third-order valence-electron chi connectivity index (χ3n) is 3.25. The lowest BCUT2D eigenvalue weighted by Gasteiger charge is -2.27. The normalized spacial score (nSPS) is 20.8. The minimum absolute atomic E-state index is 0.114. The summed E-state index contributed by atoms with van der Waals surface area (Å²) in [5.74, 6) is 1.41. The highest BCUT2D eigenvalue weighted by Crippen LogP contribution is 2.20. The van der Waals surface area contributed by atoms with Gasteiger partial charge in [0.25, 0.3) is 0 Å². The van der Waals surface area contributed by atoms with Gasteiger partial charge in [0.15, 0.2) is 0 Å². The van der Waals surface area contributed by atoms with Gasteiger partial charge in [-0.2, -0.15) is 0 Å². The van der Waals surface area contributed by atoms with Gasteiger partial charge in [0.05, 0.1) is 0 Å². The van der Waals surface area contributed by atoms with Crippen LogP contribution in [-0.4, -0.2) is 35.0 Å². The molecule has 1 fully saturated rings. The quantitative estimate of drug-likeness (QED) is 0.857. The zero-order chi connectivity index (χ0) is 13.1. The standard InChI is InChI=1S/C13H20N4O/c1-9(2)11-7-12(16-8-15-11)17-5-4-14-13(18)6-10(17)3/h7-10H,4-6H2,1-3H3,(H,14,18)/t10-/m0/s1. The summed E-state index contributed by atoms with van der Waals surface area (Å²) in [6.45, 7) is 7.75. The van der Waals surface area contributed by atoms with E-state index in [-0.39, 0.29) is 11.9 Å². The Labute approximate surface area is 108 Å². The fourth-order valence-electron chi connectivity index (χ4n) is 2.16. The van der Waals surface area contributed by atoms with E-state index >= 15 is 0 Å². The lowest BCUT2D eigenvalue weighted by Crippen LogP contribution is -2.35. The fraction of sp³-hybridized carbons (Fsp3) is 0.615. The molecule has 1 aliphatic rings. The van der Waals surface area contributed by atoms with Crippen molar-refractivity contribution in [1.82, 2.24) is 15.3 Å². The Morgan fingerprint density at radius 2 is 2.22 bits per heavy atom. The van der Waals surface area contributed by atoms with Crippen molar-refractivity contribution in [3.8, 4) is 0 Å². The lowest BCUT2D eigenvalue weighted by atomic mass is 10.1. The van der Waals surface area contributed by atoms with E-state index in [0.717, 1.165) is 18.1 Å². The molecule has 0 bridgehead atoms. The SMILES string of the molecule is CC(C)c1cc(N2CCNC(=O)C[C@@H]2C)ncn1. The Morgan fingerprint density at radius 1 is 1.44 bits per heavy atom. The van der Waals surface area contributed by atoms with Crippen molar-refractivity contribution in [2.24, 2.45) is 0 Å². The van der Waals surface area contributed by atoms with Gasteiger partial charge in [-0.15, -0.1) is 0 Å². The first-order valence-electron chi connectivity index (χ1n) is 6.43.